The van der Waals surface area contributed by atoms with Crippen molar-refractivity contribution in [3.05, 3.63) is 58.1 Å². The number of aryl methyl sites for hydroxylation is 2. The van der Waals surface area contributed by atoms with Gasteiger partial charge in [0.15, 0.2) is 0 Å². The predicted octanol–water partition coefficient (Wildman–Crippen LogP) is 3.72. The Balaban J connectivity index is 1.97. The zero-order valence-electron chi connectivity index (χ0n) is 14.8. The Morgan fingerprint density at radius 3 is 2.42 bits per heavy atom. The maximum absolute atomic E-state index is 12.9. The molecular formula is C19H21ClN2O3S. The summed E-state index contributed by atoms with van der Waals surface area (Å²) in [4.78, 5) is 13.9. The Labute approximate surface area is 159 Å². The molecular weight excluding hydrogens is 372 g/mol. The van der Waals surface area contributed by atoms with Crippen LogP contribution in [0.25, 0.3) is 0 Å². The third kappa shape index (κ3) is 3.86. The number of carbonyl (C=O) groups is 1. The molecule has 1 N–H and O–H groups in total. The van der Waals surface area contributed by atoms with Crippen molar-refractivity contribution in [2.24, 2.45) is 0 Å². The second kappa shape index (κ2) is 7.29. The number of hydrogen-bond acceptors (Lipinski definition) is 3. The van der Waals surface area contributed by atoms with Gasteiger partial charge in [-0.1, -0.05) is 17.7 Å². The van der Waals surface area contributed by atoms with Gasteiger partial charge in [-0.3, -0.25) is 9.52 Å². The van der Waals surface area contributed by atoms with Crippen molar-refractivity contribution >= 4 is 33.2 Å². The number of anilines is 1. The third-order valence-corrected chi connectivity index (χ3v) is 6.09. The number of benzene rings is 2. The molecule has 2 aromatic rings. The van der Waals surface area contributed by atoms with Crippen LogP contribution in [0.1, 0.15) is 34.3 Å². The molecule has 0 atom stereocenters. The number of halogens is 1. The van der Waals surface area contributed by atoms with Gasteiger partial charge in [0.25, 0.3) is 15.9 Å². The minimum atomic E-state index is -3.82. The molecule has 1 aliphatic rings. The topological polar surface area (TPSA) is 66.5 Å². The highest BCUT2D eigenvalue weighted by Crippen LogP contribution is 2.28. The molecule has 0 radical (unpaired) electrons. The van der Waals surface area contributed by atoms with Crippen molar-refractivity contribution in [3.8, 4) is 0 Å². The predicted molar refractivity (Wildman–Crippen MR) is 103 cm³/mol. The average molecular weight is 393 g/mol. The number of hydrogen-bond donors (Lipinski definition) is 1. The Morgan fingerprint density at radius 1 is 1.04 bits per heavy atom. The van der Waals surface area contributed by atoms with Crippen LogP contribution in [0.5, 0.6) is 0 Å². The van der Waals surface area contributed by atoms with Crippen LogP contribution in [0.2, 0.25) is 5.02 Å². The van der Waals surface area contributed by atoms with Crippen molar-refractivity contribution in [2.45, 2.75) is 30.6 Å². The van der Waals surface area contributed by atoms with Crippen LogP contribution in [-0.2, 0) is 22.9 Å². The highest BCUT2D eigenvalue weighted by Gasteiger charge is 2.21. The monoisotopic (exact) mass is 392 g/mol. The molecule has 26 heavy (non-hydrogen) atoms. The normalized spacial score (nSPS) is 13.8. The van der Waals surface area contributed by atoms with E-state index >= 15 is 0 Å². The number of nitrogens with zero attached hydrogens (tertiary/aromatic N) is 1. The van der Waals surface area contributed by atoms with Crippen molar-refractivity contribution in [1.82, 2.24) is 4.90 Å². The quantitative estimate of drug-likeness (QED) is 0.862. The zero-order chi connectivity index (χ0) is 18.9. The Morgan fingerprint density at radius 2 is 1.73 bits per heavy atom. The summed E-state index contributed by atoms with van der Waals surface area (Å²) >= 11 is 6.01. The van der Waals surface area contributed by atoms with E-state index in [0.717, 1.165) is 31.2 Å². The van der Waals surface area contributed by atoms with Gasteiger partial charge in [0.1, 0.15) is 0 Å². The zero-order valence-corrected chi connectivity index (χ0v) is 16.3. The molecule has 7 heteroatoms. The minimum absolute atomic E-state index is 0.175. The van der Waals surface area contributed by atoms with E-state index in [-0.39, 0.29) is 22.1 Å². The van der Waals surface area contributed by atoms with E-state index in [4.69, 9.17) is 11.6 Å². The van der Waals surface area contributed by atoms with Crippen molar-refractivity contribution in [1.29, 1.82) is 0 Å². The van der Waals surface area contributed by atoms with Crippen molar-refractivity contribution in [3.63, 3.8) is 0 Å². The van der Waals surface area contributed by atoms with Crippen LogP contribution in [0.4, 0.5) is 5.69 Å². The van der Waals surface area contributed by atoms with E-state index in [0.29, 0.717) is 5.02 Å². The van der Waals surface area contributed by atoms with Crippen LogP contribution >= 0.6 is 11.6 Å². The van der Waals surface area contributed by atoms with Gasteiger partial charge in [0.2, 0.25) is 0 Å². The second-order valence-corrected chi connectivity index (χ2v) is 8.75. The van der Waals surface area contributed by atoms with E-state index in [9.17, 15) is 13.2 Å². The minimum Gasteiger partial charge on any atom is -0.345 e. The van der Waals surface area contributed by atoms with Gasteiger partial charge in [-0.05, 0) is 67.1 Å². The van der Waals surface area contributed by atoms with E-state index in [1.54, 1.807) is 32.3 Å². The third-order valence-electron chi connectivity index (χ3n) is 4.49. The van der Waals surface area contributed by atoms with E-state index in [2.05, 4.69) is 4.72 Å². The fraction of sp³-hybridized carbons (Fsp3) is 0.316. The molecule has 0 aliphatic heterocycles. The Bertz CT molecular complexity index is 955. The molecule has 0 bridgehead atoms. The van der Waals surface area contributed by atoms with Crippen LogP contribution < -0.4 is 4.72 Å². The molecule has 1 aliphatic carbocycles. The number of sulfonamides is 1. The molecule has 2 aromatic carbocycles. The first kappa shape index (κ1) is 18.7. The van der Waals surface area contributed by atoms with Crippen LogP contribution in [0.15, 0.2) is 41.3 Å². The summed E-state index contributed by atoms with van der Waals surface area (Å²) in [5, 5.41) is 0.350. The SMILES string of the molecule is CN(C)C(=O)c1ccc(Cl)cc1NS(=O)(=O)c1ccc2c(c1)CCCC2. The maximum atomic E-state index is 12.9. The van der Waals surface area contributed by atoms with Crippen LogP contribution in [0.3, 0.4) is 0 Å². The molecule has 0 saturated carbocycles. The molecule has 0 aromatic heterocycles. The summed E-state index contributed by atoms with van der Waals surface area (Å²) in [6.07, 6.45) is 4.08. The average Bonchev–Trinajstić information content (AvgIpc) is 2.60. The van der Waals surface area contributed by atoms with Crippen LogP contribution in [-0.4, -0.2) is 33.3 Å². The summed E-state index contributed by atoms with van der Waals surface area (Å²) in [5.74, 6) is -0.301. The summed E-state index contributed by atoms with van der Waals surface area (Å²) in [5.41, 5.74) is 2.71. The van der Waals surface area contributed by atoms with E-state index < -0.39 is 10.0 Å². The Kier molecular flexibility index (Phi) is 5.25. The molecule has 0 spiro atoms. The lowest BCUT2D eigenvalue weighted by Gasteiger charge is -2.18. The molecule has 138 valence electrons. The van der Waals surface area contributed by atoms with Gasteiger partial charge in [-0.15, -0.1) is 0 Å². The lowest BCUT2D eigenvalue weighted by molar-refractivity contribution is 0.0828. The number of fused-ring (bicyclic) bond motifs is 1. The van der Waals surface area contributed by atoms with E-state index in [1.165, 1.54) is 22.6 Å². The standard InChI is InChI=1S/C19H21ClN2O3S/c1-22(2)19(23)17-10-8-15(20)12-18(17)21-26(24,25)16-9-7-13-5-3-4-6-14(13)11-16/h7-12,21H,3-6H2,1-2H3. The number of amides is 1. The number of carbonyl (C=O) groups excluding carboxylic acids is 1. The lowest BCUT2D eigenvalue weighted by atomic mass is 9.92. The van der Waals surface area contributed by atoms with Gasteiger partial charge in [-0.2, -0.15) is 0 Å². The fourth-order valence-electron chi connectivity index (χ4n) is 3.11. The van der Waals surface area contributed by atoms with Gasteiger partial charge in [0, 0.05) is 19.1 Å². The number of rotatable bonds is 4. The van der Waals surface area contributed by atoms with Gasteiger partial charge < -0.3 is 4.90 Å². The smallest absolute Gasteiger partial charge is 0.261 e. The molecule has 0 fully saturated rings. The number of nitrogens with one attached hydrogen (secondary N) is 1. The lowest BCUT2D eigenvalue weighted by Crippen LogP contribution is -2.24. The highest BCUT2D eigenvalue weighted by atomic mass is 35.5. The fourth-order valence-corrected chi connectivity index (χ4v) is 4.40. The Hall–Kier alpha value is -2.05. The molecule has 3 rings (SSSR count). The molecule has 0 saturated heterocycles. The van der Waals surface area contributed by atoms with Crippen molar-refractivity contribution < 1.29 is 13.2 Å². The molecule has 1 amide bonds. The first-order chi connectivity index (χ1) is 12.3. The van der Waals surface area contributed by atoms with Crippen LogP contribution in [0, 0.1) is 0 Å². The van der Waals surface area contributed by atoms with Gasteiger partial charge in [-0.25, -0.2) is 8.42 Å². The molecule has 0 heterocycles. The van der Waals surface area contributed by atoms with E-state index in [1.807, 2.05) is 6.07 Å². The largest absolute Gasteiger partial charge is 0.345 e. The summed E-state index contributed by atoms with van der Waals surface area (Å²) in [7, 11) is -0.605. The summed E-state index contributed by atoms with van der Waals surface area (Å²) in [6, 6.07) is 9.77. The molecule has 5 nitrogen and oxygen atoms in total. The van der Waals surface area contributed by atoms with Gasteiger partial charge in [0.05, 0.1) is 16.1 Å². The molecule has 0 unspecified atom stereocenters. The van der Waals surface area contributed by atoms with Gasteiger partial charge >= 0.3 is 0 Å². The maximum Gasteiger partial charge on any atom is 0.261 e. The first-order valence-electron chi connectivity index (χ1n) is 8.44. The van der Waals surface area contributed by atoms with Crippen molar-refractivity contribution in [2.75, 3.05) is 18.8 Å². The summed E-state index contributed by atoms with van der Waals surface area (Å²) < 4.78 is 28.3. The summed E-state index contributed by atoms with van der Waals surface area (Å²) in [6.45, 7) is 0. The first-order valence-corrected chi connectivity index (χ1v) is 10.3. The highest BCUT2D eigenvalue weighted by molar-refractivity contribution is 7.92. The second-order valence-electron chi connectivity index (χ2n) is 6.63.